The highest BCUT2D eigenvalue weighted by atomic mass is 32.2. The molecule has 0 atom stereocenters. The molecule has 0 saturated heterocycles. The van der Waals surface area contributed by atoms with Crippen LogP contribution in [-0.2, 0) is 0 Å². The molecule has 0 aliphatic heterocycles. The number of hydrogen-bond donors (Lipinski definition) is 1. The van der Waals surface area contributed by atoms with E-state index >= 15 is 0 Å². The zero-order valence-electron chi connectivity index (χ0n) is 11.4. The normalized spacial score (nSPS) is 10.2. The molecule has 106 valence electrons. The van der Waals surface area contributed by atoms with Gasteiger partial charge in [0.1, 0.15) is 5.82 Å². The molecule has 0 unspecified atom stereocenters. The summed E-state index contributed by atoms with van der Waals surface area (Å²) in [5, 5.41) is 0. The van der Waals surface area contributed by atoms with Crippen LogP contribution >= 0.6 is 11.8 Å². The van der Waals surface area contributed by atoms with Gasteiger partial charge in [0.2, 0.25) is 0 Å². The van der Waals surface area contributed by atoms with Gasteiger partial charge in [0.05, 0.1) is 13.2 Å². The van der Waals surface area contributed by atoms with Crippen molar-refractivity contribution in [3.05, 3.63) is 42.6 Å². The number of rotatable bonds is 7. The molecular weight excluding hydrogens is 272 g/mol. The Morgan fingerprint density at radius 1 is 1.10 bits per heavy atom. The van der Waals surface area contributed by atoms with Crippen LogP contribution in [-0.4, -0.2) is 24.0 Å². The van der Waals surface area contributed by atoms with Crippen LogP contribution in [0.25, 0.3) is 0 Å². The van der Waals surface area contributed by atoms with Crippen LogP contribution in [0.3, 0.4) is 0 Å². The van der Waals surface area contributed by atoms with Crippen molar-refractivity contribution in [1.29, 1.82) is 0 Å². The fourth-order valence-electron chi connectivity index (χ4n) is 1.63. The first-order chi connectivity index (χ1) is 9.79. The summed E-state index contributed by atoms with van der Waals surface area (Å²) >= 11 is 1.68. The largest absolute Gasteiger partial charge is 0.490 e. The second-order valence-electron chi connectivity index (χ2n) is 4.00. The predicted molar refractivity (Wildman–Crippen MR) is 82.5 cm³/mol. The van der Waals surface area contributed by atoms with E-state index in [1.165, 1.54) is 0 Å². The second kappa shape index (κ2) is 7.65. The van der Waals surface area contributed by atoms with Crippen molar-refractivity contribution in [1.82, 2.24) is 4.98 Å². The minimum atomic E-state index is 0.538. The van der Waals surface area contributed by atoms with Crippen LogP contribution < -0.4 is 15.2 Å². The molecule has 0 aliphatic carbocycles. The number of thioether (sulfide) groups is 1. The first-order valence-corrected chi connectivity index (χ1v) is 7.47. The van der Waals surface area contributed by atoms with Gasteiger partial charge in [-0.3, -0.25) is 0 Å². The number of anilines is 1. The minimum Gasteiger partial charge on any atom is -0.490 e. The summed E-state index contributed by atoms with van der Waals surface area (Å²) in [7, 11) is 0. The van der Waals surface area contributed by atoms with E-state index in [-0.39, 0.29) is 0 Å². The third kappa shape index (κ3) is 4.35. The number of nitrogens with two attached hydrogens (primary N) is 1. The lowest BCUT2D eigenvalue weighted by Gasteiger charge is -2.11. The van der Waals surface area contributed by atoms with Crippen LogP contribution in [0.2, 0.25) is 0 Å². The van der Waals surface area contributed by atoms with Crippen molar-refractivity contribution < 1.29 is 9.47 Å². The minimum absolute atomic E-state index is 0.538. The Hall–Kier alpha value is -1.88. The molecule has 20 heavy (non-hydrogen) atoms. The smallest absolute Gasteiger partial charge is 0.161 e. The number of nitrogen functional groups attached to an aromatic ring is 1. The summed E-state index contributed by atoms with van der Waals surface area (Å²) < 4.78 is 11.3. The van der Waals surface area contributed by atoms with E-state index in [1.54, 1.807) is 24.0 Å². The van der Waals surface area contributed by atoms with Crippen molar-refractivity contribution >= 4 is 17.6 Å². The molecule has 1 heterocycles. The molecule has 4 nitrogen and oxygen atoms in total. The molecule has 0 spiro atoms. The van der Waals surface area contributed by atoms with E-state index < -0.39 is 0 Å². The number of ether oxygens (including phenoxy) is 2. The van der Waals surface area contributed by atoms with Crippen LogP contribution in [0.1, 0.15) is 6.92 Å². The van der Waals surface area contributed by atoms with E-state index in [4.69, 9.17) is 15.2 Å². The SMILES string of the molecule is CCOc1ccccc1OCCSc1ccc(N)nc1. The number of pyridine rings is 1. The van der Waals surface area contributed by atoms with Crippen molar-refractivity contribution in [2.75, 3.05) is 24.7 Å². The summed E-state index contributed by atoms with van der Waals surface area (Å²) in [6.45, 7) is 3.20. The maximum atomic E-state index is 5.74. The number of para-hydroxylation sites is 2. The number of hydrogen-bond acceptors (Lipinski definition) is 5. The lowest BCUT2D eigenvalue weighted by atomic mass is 10.3. The van der Waals surface area contributed by atoms with E-state index in [0.717, 1.165) is 22.1 Å². The zero-order valence-corrected chi connectivity index (χ0v) is 12.2. The Labute approximate surface area is 123 Å². The molecule has 5 heteroatoms. The third-order valence-corrected chi connectivity index (χ3v) is 3.46. The van der Waals surface area contributed by atoms with Crippen LogP contribution in [0.15, 0.2) is 47.5 Å². The molecule has 2 aromatic rings. The maximum absolute atomic E-state index is 5.74. The quantitative estimate of drug-likeness (QED) is 0.626. The molecule has 0 radical (unpaired) electrons. The predicted octanol–water partition coefficient (Wildman–Crippen LogP) is 3.23. The summed E-state index contributed by atoms with van der Waals surface area (Å²) in [5.41, 5.74) is 5.54. The van der Waals surface area contributed by atoms with Gasteiger partial charge in [-0.2, -0.15) is 0 Å². The number of aromatic nitrogens is 1. The molecule has 0 fully saturated rings. The Bertz CT molecular complexity index is 532. The van der Waals surface area contributed by atoms with Gasteiger partial charge >= 0.3 is 0 Å². The Kier molecular flexibility index (Phi) is 5.55. The average molecular weight is 290 g/mol. The van der Waals surface area contributed by atoms with E-state index in [9.17, 15) is 0 Å². The van der Waals surface area contributed by atoms with Gasteiger partial charge in [-0.05, 0) is 31.2 Å². The summed E-state index contributed by atoms with van der Waals surface area (Å²) in [6, 6.07) is 11.5. The molecule has 1 aromatic heterocycles. The topological polar surface area (TPSA) is 57.4 Å². The second-order valence-corrected chi connectivity index (χ2v) is 5.16. The molecule has 0 bridgehead atoms. The van der Waals surface area contributed by atoms with E-state index in [2.05, 4.69) is 4.98 Å². The van der Waals surface area contributed by atoms with Crippen molar-refractivity contribution in [3.63, 3.8) is 0 Å². The fraction of sp³-hybridized carbons (Fsp3) is 0.267. The maximum Gasteiger partial charge on any atom is 0.161 e. The summed E-state index contributed by atoms with van der Waals surface area (Å²) in [6.07, 6.45) is 1.77. The highest BCUT2D eigenvalue weighted by Gasteiger charge is 2.03. The molecule has 0 saturated carbocycles. The van der Waals surface area contributed by atoms with Gasteiger partial charge in [0, 0.05) is 16.8 Å². The van der Waals surface area contributed by atoms with Crippen LogP contribution in [0, 0.1) is 0 Å². The molecule has 0 amide bonds. The van der Waals surface area contributed by atoms with Crippen molar-refractivity contribution in [3.8, 4) is 11.5 Å². The van der Waals surface area contributed by atoms with Crippen LogP contribution in [0.4, 0.5) is 5.82 Å². The summed E-state index contributed by atoms with van der Waals surface area (Å²) in [4.78, 5) is 5.13. The van der Waals surface area contributed by atoms with Crippen molar-refractivity contribution in [2.24, 2.45) is 0 Å². The molecule has 1 aromatic carbocycles. The van der Waals surface area contributed by atoms with Gasteiger partial charge < -0.3 is 15.2 Å². The van der Waals surface area contributed by atoms with Crippen molar-refractivity contribution in [2.45, 2.75) is 11.8 Å². The Balaban J connectivity index is 1.79. The van der Waals surface area contributed by atoms with Crippen LogP contribution in [0.5, 0.6) is 11.5 Å². The standard InChI is InChI=1S/C15H18N2O2S/c1-2-18-13-5-3-4-6-14(13)19-9-10-20-12-7-8-15(16)17-11-12/h3-8,11H,2,9-10H2,1H3,(H2,16,17). The van der Waals surface area contributed by atoms with E-state index in [0.29, 0.717) is 19.0 Å². The first-order valence-electron chi connectivity index (χ1n) is 6.48. The van der Waals surface area contributed by atoms with Gasteiger partial charge in [-0.1, -0.05) is 12.1 Å². The van der Waals surface area contributed by atoms with Gasteiger partial charge in [0.25, 0.3) is 0 Å². The van der Waals surface area contributed by atoms with Gasteiger partial charge in [-0.25, -0.2) is 4.98 Å². The fourth-order valence-corrected chi connectivity index (χ4v) is 2.33. The molecular formula is C15H18N2O2S. The number of benzene rings is 1. The first kappa shape index (κ1) is 14.5. The lowest BCUT2D eigenvalue weighted by molar-refractivity contribution is 0.289. The molecule has 2 N–H and O–H groups in total. The molecule has 2 rings (SSSR count). The third-order valence-electron chi connectivity index (χ3n) is 2.52. The highest BCUT2D eigenvalue weighted by molar-refractivity contribution is 7.99. The summed E-state index contributed by atoms with van der Waals surface area (Å²) in [5.74, 6) is 2.95. The zero-order chi connectivity index (χ0) is 14.2. The Morgan fingerprint density at radius 2 is 1.85 bits per heavy atom. The monoisotopic (exact) mass is 290 g/mol. The Morgan fingerprint density at radius 3 is 2.50 bits per heavy atom. The number of nitrogens with zero attached hydrogens (tertiary/aromatic N) is 1. The van der Waals surface area contributed by atoms with E-state index in [1.807, 2.05) is 37.3 Å². The highest BCUT2D eigenvalue weighted by Crippen LogP contribution is 2.26. The van der Waals surface area contributed by atoms with Gasteiger partial charge in [0.15, 0.2) is 11.5 Å². The average Bonchev–Trinajstić information content (AvgIpc) is 2.47. The molecule has 0 aliphatic rings. The lowest BCUT2D eigenvalue weighted by Crippen LogP contribution is -2.02. The van der Waals surface area contributed by atoms with Gasteiger partial charge in [-0.15, -0.1) is 11.8 Å².